The molecule has 1 amide bonds. The van der Waals surface area contributed by atoms with Crippen molar-refractivity contribution in [1.82, 2.24) is 14.8 Å². The summed E-state index contributed by atoms with van der Waals surface area (Å²) < 4.78 is 1.63. The van der Waals surface area contributed by atoms with E-state index in [0.29, 0.717) is 11.5 Å². The molecule has 0 atom stereocenters. The van der Waals surface area contributed by atoms with Crippen LogP contribution in [0.5, 0.6) is 0 Å². The monoisotopic (exact) mass is 259 g/mol. The Morgan fingerprint density at radius 1 is 1.42 bits per heavy atom. The molecule has 2 aromatic heterocycles. The van der Waals surface area contributed by atoms with E-state index in [2.05, 4.69) is 20.7 Å². The highest BCUT2D eigenvalue weighted by Gasteiger charge is 2.11. The van der Waals surface area contributed by atoms with E-state index in [-0.39, 0.29) is 5.91 Å². The van der Waals surface area contributed by atoms with Crippen molar-refractivity contribution in [1.29, 1.82) is 0 Å². The number of carbonyl (C=O) groups is 1. The first-order chi connectivity index (χ1) is 9.10. The first kappa shape index (κ1) is 13.1. The van der Waals surface area contributed by atoms with E-state index in [1.807, 2.05) is 26.0 Å². The Morgan fingerprint density at radius 3 is 2.84 bits per heavy atom. The number of aromatic nitrogens is 3. The fourth-order valence-corrected chi connectivity index (χ4v) is 1.78. The summed E-state index contributed by atoms with van der Waals surface area (Å²) >= 11 is 0. The van der Waals surface area contributed by atoms with Crippen LogP contribution in [0.2, 0.25) is 0 Å². The molecular formula is C13H17N5O. The SMILES string of the molecule is CCNc1ccnc(C(=O)Nc2cc(C)nn2C)c1. The van der Waals surface area contributed by atoms with Gasteiger partial charge >= 0.3 is 0 Å². The number of pyridine rings is 1. The zero-order chi connectivity index (χ0) is 13.8. The van der Waals surface area contributed by atoms with Crippen molar-refractivity contribution in [2.24, 2.45) is 7.05 Å². The zero-order valence-electron chi connectivity index (χ0n) is 11.3. The molecule has 2 rings (SSSR count). The van der Waals surface area contributed by atoms with Crippen LogP contribution < -0.4 is 10.6 Å². The normalized spacial score (nSPS) is 10.3. The lowest BCUT2D eigenvalue weighted by molar-refractivity contribution is 0.102. The van der Waals surface area contributed by atoms with E-state index < -0.39 is 0 Å². The number of amides is 1. The zero-order valence-corrected chi connectivity index (χ0v) is 11.3. The van der Waals surface area contributed by atoms with Gasteiger partial charge in [0, 0.05) is 31.5 Å². The minimum atomic E-state index is -0.247. The summed E-state index contributed by atoms with van der Waals surface area (Å²) in [5.74, 6) is 0.404. The van der Waals surface area contributed by atoms with Crippen LogP contribution in [0.4, 0.5) is 11.5 Å². The first-order valence-electron chi connectivity index (χ1n) is 6.12. The third-order valence-corrected chi connectivity index (χ3v) is 2.62. The lowest BCUT2D eigenvalue weighted by Crippen LogP contribution is -2.16. The van der Waals surface area contributed by atoms with E-state index in [1.54, 1.807) is 24.0 Å². The number of carbonyl (C=O) groups excluding carboxylic acids is 1. The van der Waals surface area contributed by atoms with Gasteiger partial charge in [0.15, 0.2) is 0 Å². The number of nitrogens with zero attached hydrogens (tertiary/aromatic N) is 3. The summed E-state index contributed by atoms with van der Waals surface area (Å²) in [5, 5.41) is 10.1. The predicted octanol–water partition coefficient (Wildman–Crippen LogP) is 1.81. The van der Waals surface area contributed by atoms with Gasteiger partial charge < -0.3 is 10.6 Å². The summed E-state index contributed by atoms with van der Waals surface area (Å²) in [4.78, 5) is 16.2. The molecule has 0 radical (unpaired) electrons. The molecule has 2 heterocycles. The van der Waals surface area contributed by atoms with Gasteiger partial charge in [-0.25, -0.2) is 0 Å². The quantitative estimate of drug-likeness (QED) is 0.878. The smallest absolute Gasteiger partial charge is 0.275 e. The Bertz CT molecular complexity index is 590. The Balaban J connectivity index is 2.15. The molecule has 6 nitrogen and oxygen atoms in total. The summed E-state index contributed by atoms with van der Waals surface area (Å²) in [5.41, 5.74) is 2.10. The molecule has 0 fully saturated rings. The Kier molecular flexibility index (Phi) is 3.79. The topological polar surface area (TPSA) is 71.8 Å². The van der Waals surface area contributed by atoms with Gasteiger partial charge in [-0.15, -0.1) is 0 Å². The van der Waals surface area contributed by atoms with Gasteiger partial charge in [0.25, 0.3) is 5.91 Å². The molecule has 100 valence electrons. The largest absolute Gasteiger partial charge is 0.385 e. The second kappa shape index (κ2) is 5.51. The average molecular weight is 259 g/mol. The van der Waals surface area contributed by atoms with Crippen LogP contribution in [-0.2, 0) is 7.05 Å². The van der Waals surface area contributed by atoms with Crippen molar-refractivity contribution in [3.05, 3.63) is 35.8 Å². The van der Waals surface area contributed by atoms with Crippen LogP contribution in [0, 0.1) is 6.92 Å². The highest BCUT2D eigenvalue weighted by molar-refractivity contribution is 6.02. The van der Waals surface area contributed by atoms with Gasteiger partial charge in [-0.1, -0.05) is 0 Å². The molecule has 0 unspecified atom stereocenters. The summed E-state index contributed by atoms with van der Waals surface area (Å²) in [6, 6.07) is 5.36. The van der Waals surface area contributed by atoms with E-state index in [1.165, 1.54) is 0 Å². The van der Waals surface area contributed by atoms with Crippen molar-refractivity contribution in [3.63, 3.8) is 0 Å². The maximum atomic E-state index is 12.1. The lowest BCUT2D eigenvalue weighted by atomic mass is 10.3. The number of nitrogens with one attached hydrogen (secondary N) is 2. The van der Waals surface area contributed by atoms with Gasteiger partial charge in [-0.3, -0.25) is 14.5 Å². The molecule has 0 aromatic carbocycles. The fraction of sp³-hybridized carbons (Fsp3) is 0.308. The van der Waals surface area contributed by atoms with Crippen molar-refractivity contribution in [2.75, 3.05) is 17.2 Å². The molecule has 6 heteroatoms. The molecule has 0 bridgehead atoms. The van der Waals surface area contributed by atoms with E-state index in [4.69, 9.17) is 0 Å². The van der Waals surface area contributed by atoms with Crippen LogP contribution in [0.15, 0.2) is 24.4 Å². The van der Waals surface area contributed by atoms with Gasteiger partial charge in [-0.2, -0.15) is 5.10 Å². The molecule has 0 aliphatic carbocycles. The second-order valence-electron chi connectivity index (χ2n) is 4.21. The van der Waals surface area contributed by atoms with Crippen LogP contribution in [0.25, 0.3) is 0 Å². The van der Waals surface area contributed by atoms with E-state index >= 15 is 0 Å². The summed E-state index contributed by atoms with van der Waals surface area (Å²) in [6.45, 7) is 4.67. The molecule has 19 heavy (non-hydrogen) atoms. The molecule has 0 aliphatic rings. The van der Waals surface area contributed by atoms with Crippen molar-refractivity contribution < 1.29 is 4.79 Å². The van der Waals surface area contributed by atoms with E-state index in [9.17, 15) is 4.79 Å². The van der Waals surface area contributed by atoms with Gasteiger partial charge in [0.1, 0.15) is 11.5 Å². The Hall–Kier alpha value is -2.37. The maximum absolute atomic E-state index is 12.1. The minimum absolute atomic E-state index is 0.247. The number of hydrogen-bond acceptors (Lipinski definition) is 4. The number of anilines is 2. The molecule has 2 N–H and O–H groups in total. The van der Waals surface area contributed by atoms with Gasteiger partial charge in [-0.05, 0) is 26.0 Å². The molecule has 0 saturated heterocycles. The van der Waals surface area contributed by atoms with Crippen LogP contribution >= 0.6 is 0 Å². The summed E-state index contributed by atoms with van der Waals surface area (Å²) in [7, 11) is 1.78. The molecule has 0 spiro atoms. The highest BCUT2D eigenvalue weighted by Crippen LogP contribution is 2.12. The summed E-state index contributed by atoms with van der Waals surface area (Å²) in [6.07, 6.45) is 1.61. The molecule has 0 saturated carbocycles. The molecular weight excluding hydrogens is 242 g/mol. The Morgan fingerprint density at radius 2 is 2.21 bits per heavy atom. The predicted molar refractivity (Wildman–Crippen MR) is 74.3 cm³/mol. The number of aryl methyl sites for hydroxylation is 2. The second-order valence-corrected chi connectivity index (χ2v) is 4.21. The molecule has 2 aromatic rings. The maximum Gasteiger partial charge on any atom is 0.275 e. The van der Waals surface area contributed by atoms with Crippen LogP contribution in [0.1, 0.15) is 23.1 Å². The fourth-order valence-electron chi connectivity index (χ4n) is 1.78. The van der Waals surface area contributed by atoms with Crippen molar-refractivity contribution in [3.8, 4) is 0 Å². The van der Waals surface area contributed by atoms with Crippen LogP contribution in [0.3, 0.4) is 0 Å². The third kappa shape index (κ3) is 3.09. The van der Waals surface area contributed by atoms with Crippen molar-refractivity contribution in [2.45, 2.75) is 13.8 Å². The standard InChI is InChI=1S/C13H17N5O/c1-4-14-10-5-6-15-11(8-10)13(19)16-12-7-9(2)17-18(12)3/h5-8H,4H2,1-3H3,(H,14,15)(H,16,19). The first-order valence-corrected chi connectivity index (χ1v) is 6.12. The lowest BCUT2D eigenvalue weighted by Gasteiger charge is -2.07. The highest BCUT2D eigenvalue weighted by atomic mass is 16.2. The minimum Gasteiger partial charge on any atom is -0.385 e. The Labute approximate surface area is 111 Å². The van der Waals surface area contributed by atoms with Crippen molar-refractivity contribution >= 4 is 17.4 Å². The average Bonchev–Trinajstić information content (AvgIpc) is 2.68. The number of rotatable bonds is 4. The van der Waals surface area contributed by atoms with Crippen LogP contribution in [-0.4, -0.2) is 27.2 Å². The molecule has 0 aliphatic heterocycles. The number of hydrogen-bond donors (Lipinski definition) is 2. The van der Waals surface area contributed by atoms with Gasteiger partial charge in [0.05, 0.1) is 5.69 Å². The van der Waals surface area contributed by atoms with Gasteiger partial charge in [0.2, 0.25) is 0 Å². The third-order valence-electron chi connectivity index (χ3n) is 2.62. The van der Waals surface area contributed by atoms with E-state index in [0.717, 1.165) is 17.9 Å².